The summed E-state index contributed by atoms with van der Waals surface area (Å²) in [6.45, 7) is 0.250. The highest BCUT2D eigenvalue weighted by molar-refractivity contribution is 7.47. The van der Waals surface area contributed by atoms with Gasteiger partial charge in [0.1, 0.15) is 19.3 Å². The van der Waals surface area contributed by atoms with Crippen LogP contribution < -0.4 is 0 Å². The molecule has 0 aromatic carbocycles. The van der Waals surface area contributed by atoms with Crippen LogP contribution in [0.5, 0.6) is 0 Å². The molecule has 0 rings (SSSR count). The van der Waals surface area contributed by atoms with E-state index in [0.717, 1.165) is 0 Å². The minimum absolute atomic E-state index is 0.0400. The monoisotopic (exact) mass is 668 g/mol. The molecule has 2 unspecified atom stereocenters. The van der Waals surface area contributed by atoms with Crippen molar-refractivity contribution in [1.29, 1.82) is 0 Å². The third kappa shape index (κ3) is 22.2. The maximum atomic E-state index is 12.2. The second-order valence-electron chi connectivity index (χ2n) is 8.65. The van der Waals surface area contributed by atoms with Crippen LogP contribution in [-0.4, -0.2) is 108 Å². The molecule has 252 valence electrons. The van der Waals surface area contributed by atoms with Gasteiger partial charge in [-0.25, -0.2) is 9.13 Å². The van der Waals surface area contributed by atoms with E-state index in [0.29, 0.717) is 6.42 Å². The van der Waals surface area contributed by atoms with E-state index in [4.69, 9.17) is 33.1 Å². The fourth-order valence-corrected chi connectivity index (χ4v) is 4.14. The predicted molar refractivity (Wildman–Crippen MR) is 143 cm³/mol. The van der Waals surface area contributed by atoms with Gasteiger partial charge in [0.05, 0.1) is 26.4 Å². The Bertz CT molecular complexity index is 943. The minimum atomic E-state index is -4.88. The number of hydrogen-bond acceptors (Lipinski definition) is 16. The molecule has 0 aliphatic rings. The zero-order valence-electron chi connectivity index (χ0n) is 24.3. The molecule has 18 nitrogen and oxygen atoms in total. The SMILES string of the molecule is CCCC(=O)O[C@H](COC(=O)CC)COP(=O)(O)OC[C@H](O)COP(=O)(O)OC[C@@H](COC(=O)CCCO)OC(=O)CC. The van der Waals surface area contributed by atoms with Crippen LogP contribution in [0.2, 0.25) is 0 Å². The van der Waals surface area contributed by atoms with Crippen LogP contribution in [0.15, 0.2) is 0 Å². The van der Waals surface area contributed by atoms with E-state index in [1.807, 2.05) is 0 Å². The Hall–Kier alpha value is -1.98. The lowest BCUT2D eigenvalue weighted by Crippen LogP contribution is -2.30. The van der Waals surface area contributed by atoms with Gasteiger partial charge in [0.25, 0.3) is 0 Å². The fourth-order valence-electron chi connectivity index (χ4n) is 2.56. The number of rotatable bonds is 25. The molecular weight excluding hydrogens is 626 g/mol. The lowest BCUT2D eigenvalue weighted by Gasteiger charge is -2.21. The molecule has 0 aliphatic carbocycles. The van der Waals surface area contributed by atoms with E-state index in [9.17, 15) is 43.2 Å². The van der Waals surface area contributed by atoms with Crippen molar-refractivity contribution < 1.29 is 85.4 Å². The zero-order valence-corrected chi connectivity index (χ0v) is 26.1. The summed E-state index contributed by atoms with van der Waals surface area (Å²) >= 11 is 0. The maximum Gasteiger partial charge on any atom is 0.472 e. The summed E-state index contributed by atoms with van der Waals surface area (Å²) in [5.41, 5.74) is 0. The molecule has 0 radical (unpaired) electrons. The first kappa shape index (κ1) is 41.0. The molecule has 0 saturated heterocycles. The average Bonchev–Trinajstić information content (AvgIpc) is 2.96. The second-order valence-corrected chi connectivity index (χ2v) is 11.6. The molecule has 4 N–H and O–H groups in total. The van der Waals surface area contributed by atoms with Crippen molar-refractivity contribution in [1.82, 2.24) is 0 Å². The van der Waals surface area contributed by atoms with Gasteiger partial charge in [0, 0.05) is 32.3 Å². The first-order valence-corrected chi connectivity index (χ1v) is 16.4. The Morgan fingerprint density at radius 3 is 1.51 bits per heavy atom. The summed E-state index contributed by atoms with van der Waals surface area (Å²) in [5, 5.41) is 18.7. The quantitative estimate of drug-likeness (QED) is 0.0599. The van der Waals surface area contributed by atoms with E-state index >= 15 is 0 Å². The van der Waals surface area contributed by atoms with Crippen molar-refractivity contribution in [3.63, 3.8) is 0 Å². The Balaban J connectivity index is 4.79. The first-order chi connectivity index (χ1) is 20.2. The molecule has 0 amide bonds. The molecule has 0 fully saturated rings. The molecule has 43 heavy (non-hydrogen) atoms. The van der Waals surface area contributed by atoms with Crippen LogP contribution in [-0.2, 0) is 65.4 Å². The second kappa shape index (κ2) is 22.5. The Labute approximate surface area is 249 Å². The minimum Gasteiger partial charge on any atom is -0.462 e. The average molecular weight is 669 g/mol. The highest BCUT2D eigenvalue weighted by Gasteiger charge is 2.30. The summed E-state index contributed by atoms with van der Waals surface area (Å²) in [6, 6.07) is 0. The van der Waals surface area contributed by atoms with Crippen LogP contribution in [0.1, 0.15) is 59.3 Å². The summed E-state index contributed by atoms with van der Waals surface area (Å²) in [6.07, 6.45) is -3.73. The number of carbonyl (C=O) groups is 4. The van der Waals surface area contributed by atoms with E-state index < -0.39 is 97.5 Å². The summed E-state index contributed by atoms with van der Waals surface area (Å²) < 4.78 is 62.9. The number of phosphoric acid groups is 2. The van der Waals surface area contributed by atoms with Crippen LogP contribution >= 0.6 is 15.6 Å². The molecule has 0 aromatic heterocycles. The molecule has 0 aliphatic heterocycles. The van der Waals surface area contributed by atoms with Gasteiger partial charge >= 0.3 is 39.5 Å². The van der Waals surface area contributed by atoms with Gasteiger partial charge in [0.15, 0.2) is 12.2 Å². The van der Waals surface area contributed by atoms with Gasteiger partial charge in [-0.2, -0.15) is 0 Å². The topological polar surface area (TPSA) is 257 Å². The molecule has 0 bridgehead atoms. The Kier molecular flexibility index (Phi) is 21.5. The van der Waals surface area contributed by atoms with Crippen LogP contribution in [0, 0.1) is 0 Å². The molecular formula is C23H42O18P2. The lowest BCUT2D eigenvalue weighted by molar-refractivity contribution is -0.161. The first-order valence-electron chi connectivity index (χ1n) is 13.4. The Morgan fingerprint density at radius 1 is 0.628 bits per heavy atom. The number of phosphoric ester groups is 2. The predicted octanol–water partition coefficient (Wildman–Crippen LogP) is 0.917. The third-order valence-electron chi connectivity index (χ3n) is 4.73. The van der Waals surface area contributed by atoms with Crippen molar-refractivity contribution in [2.24, 2.45) is 0 Å². The maximum absolute atomic E-state index is 12.2. The smallest absolute Gasteiger partial charge is 0.462 e. The summed E-state index contributed by atoms with van der Waals surface area (Å²) in [7, 11) is -9.74. The van der Waals surface area contributed by atoms with Crippen molar-refractivity contribution in [2.75, 3.05) is 46.2 Å². The number of aliphatic hydroxyl groups is 2. The molecule has 0 aromatic rings. The number of esters is 4. The highest BCUT2D eigenvalue weighted by Crippen LogP contribution is 2.45. The van der Waals surface area contributed by atoms with Gasteiger partial charge in [-0.1, -0.05) is 20.8 Å². The van der Waals surface area contributed by atoms with Crippen molar-refractivity contribution in [2.45, 2.75) is 77.6 Å². The number of ether oxygens (including phenoxy) is 4. The lowest BCUT2D eigenvalue weighted by atomic mass is 10.3. The van der Waals surface area contributed by atoms with Crippen molar-refractivity contribution in [3.8, 4) is 0 Å². The molecule has 0 spiro atoms. The number of hydrogen-bond donors (Lipinski definition) is 4. The fraction of sp³-hybridized carbons (Fsp3) is 0.826. The molecule has 20 heteroatoms. The normalized spacial score (nSPS) is 16.2. The Morgan fingerprint density at radius 2 is 1.07 bits per heavy atom. The number of carbonyl (C=O) groups excluding carboxylic acids is 4. The zero-order chi connectivity index (χ0) is 32.9. The molecule has 0 heterocycles. The van der Waals surface area contributed by atoms with Crippen molar-refractivity contribution in [3.05, 3.63) is 0 Å². The van der Waals surface area contributed by atoms with Crippen molar-refractivity contribution >= 4 is 39.5 Å². The van der Waals surface area contributed by atoms with E-state index in [2.05, 4.69) is 9.05 Å². The van der Waals surface area contributed by atoms with Gasteiger partial charge in [0.2, 0.25) is 0 Å². The van der Waals surface area contributed by atoms with E-state index in [1.54, 1.807) is 6.92 Å². The van der Waals surface area contributed by atoms with Gasteiger partial charge in [-0.3, -0.25) is 37.3 Å². The van der Waals surface area contributed by atoms with Gasteiger partial charge in [-0.15, -0.1) is 0 Å². The molecule has 5 atom stereocenters. The molecule has 0 saturated carbocycles. The summed E-state index contributed by atoms with van der Waals surface area (Å²) in [5.74, 6) is -2.70. The van der Waals surface area contributed by atoms with Crippen LogP contribution in [0.3, 0.4) is 0 Å². The van der Waals surface area contributed by atoms with E-state index in [1.165, 1.54) is 13.8 Å². The van der Waals surface area contributed by atoms with Crippen LogP contribution in [0.4, 0.5) is 0 Å². The van der Waals surface area contributed by atoms with Crippen LogP contribution in [0.25, 0.3) is 0 Å². The standard InChI is InChI=1S/C23H42O18P2/c1-4-8-23(29)41-19(13-34-20(26)5-2)16-39-43(32,33)37-12-17(25)11-36-42(30,31)38-15-18(40-21(27)6-3)14-35-22(28)9-7-10-24/h17-19,24-25H,4-16H2,1-3H3,(H,30,31)(H,32,33)/t17-,18-,19-/m1/s1. The summed E-state index contributed by atoms with van der Waals surface area (Å²) in [4.78, 5) is 66.1. The highest BCUT2D eigenvalue weighted by atomic mass is 31.2. The largest absolute Gasteiger partial charge is 0.472 e. The third-order valence-corrected chi connectivity index (χ3v) is 6.64. The van der Waals surface area contributed by atoms with Gasteiger partial charge in [-0.05, 0) is 12.8 Å². The van der Waals surface area contributed by atoms with Gasteiger partial charge < -0.3 is 38.9 Å². The number of aliphatic hydroxyl groups excluding tert-OH is 2. The van der Waals surface area contributed by atoms with E-state index in [-0.39, 0.29) is 38.7 Å².